The Hall–Kier alpha value is -2.66. The van der Waals surface area contributed by atoms with Crippen LogP contribution in [0.15, 0.2) is 54.6 Å². The highest BCUT2D eigenvalue weighted by Gasteiger charge is 2.25. The van der Waals surface area contributed by atoms with Crippen molar-refractivity contribution < 1.29 is 14.7 Å². The number of carbonyl (C=O) groups is 2. The number of hydrogen-bond acceptors (Lipinski definition) is 3. The fourth-order valence-corrected chi connectivity index (χ4v) is 3.00. The molecule has 0 spiro atoms. The lowest BCUT2D eigenvalue weighted by atomic mass is 9.99. The molecule has 5 heteroatoms. The summed E-state index contributed by atoms with van der Waals surface area (Å²) < 4.78 is 0. The number of likely N-dealkylation sites (N-methyl/N-ethyl adjacent to an activating group) is 1. The fraction of sp³-hybridized carbons (Fsp3) is 0.364. The van der Waals surface area contributed by atoms with Gasteiger partial charge in [-0.2, -0.15) is 0 Å². The smallest absolute Gasteiger partial charge is 0.326 e. The van der Waals surface area contributed by atoms with Crippen LogP contribution in [0.4, 0.5) is 0 Å². The average molecular weight is 368 g/mol. The van der Waals surface area contributed by atoms with E-state index < -0.39 is 18.1 Å². The lowest BCUT2D eigenvalue weighted by molar-refractivity contribution is -0.142. The summed E-state index contributed by atoms with van der Waals surface area (Å²) in [5, 5.41) is 15.1. The van der Waals surface area contributed by atoms with E-state index in [1.54, 1.807) is 7.05 Å². The molecule has 0 aliphatic rings. The Balaban J connectivity index is 2.05. The van der Waals surface area contributed by atoms with Gasteiger partial charge in [0.25, 0.3) is 0 Å². The van der Waals surface area contributed by atoms with E-state index in [1.165, 1.54) is 0 Å². The van der Waals surface area contributed by atoms with Crippen LogP contribution < -0.4 is 10.6 Å². The van der Waals surface area contributed by atoms with E-state index in [0.717, 1.165) is 16.7 Å². The molecule has 0 fully saturated rings. The molecular formula is C22H28N2O3. The van der Waals surface area contributed by atoms with Crippen molar-refractivity contribution in [3.8, 4) is 11.1 Å². The van der Waals surface area contributed by atoms with E-state index in [4.69, 9.17) is 0 Å². The summed E-state index contributed by atoms with van der Waals surface area (Å²) in [4.78, 5) is 24.0. The van der Waals surface area contributed by atoms with Gasteiger partial charge in [0.05, 0.1) is 6.04 Å². The first-order valence-electron chi connectivity index (χ1n) is 9.25. The van der Waals surface area contributed by atoms with Crippen LogP contribution in [-0.4, -0.2) is 36.1 Å². The van der Waals surface area contributed by atoms with E-state index in [9.17, 15) is 14.7 Å². The normalized spacial score (nSPS) is 13.2. The zero-order chi connectivity index (χ0) is 19.8. The van der Waals surface area contributed by atoms with Gasteiger partial charge >= 0.3 is 5.97 Å². The monoisotopic (exact) mass is 368 g/mol. The van der Waals surface area contributed by atoms with Crippen LogP contribution in [-0.2, 0) is 16.0 Å². The number of aliphatic carboxylic acids is 1. The Morgan fingerprint density at radius 2 is 1.52 bits per heavy atom. The zero-order valence-corrected chi connectivity index (χ0v) is 16.1. The third-order valence-electron chi connectivity index (χ3n) is 4.49. The summed E-state index contributed by atoms with van der Waals surface area (Å²) in [7, 11) is 1.71. The van der Waals surface area contributed by atoms with E-state index in [0.29, 0.717) is 12.3 Å². The van der Waals surface area contributed by atoms with Gasteiger partial charge in [0.15, 0.2) is 0 Å². The maximum atomic E-state index is 12.4. The van der Waals surface area contributed by atoms with Crippen LogP contribution in [0, 0.1) is 5.92 Å². The van der Waals surface area contributed by atoms with Crippen molar-refractivity contribution in [2.75, 3.05) is 7.05 Å². The predicted octanol–water partition coefficient (Wildman–Crippen LogP) is 3.10. The van der Waals surface area contributed by atoms with Gasteiger partial charge in [-0.15, -0.1) is 0 Å². The number of rotatable bonds is 9. The predicted molar refractivity (Wildman–Crippen MR) is 107 cm³/mol. The van der Waals surface area contributed by atoms with Crippen molar-refractivity contribution in [1.29, 1.82) is 0 Å². The molecule has 0 aromatic heterocycles. The van der Waals surface area contributed by atoms with Crippen molar-refractivity contribution >= 4 is 11.9 Å². The van der Waals surface area contributed by atoms with Crippen LogP contribution >= 0.6 is 0 Å². The molecule has 0 heterocycles. The first kappa shape index (κ1) is 20.6. The SMILES string of the molecule is CNC(CC(C)C)C(=O)NC(Cc1ccc(-c2ccccc2)cc1)C(=O)O. The molecule has 144 valence electrons. The highest BCUT2D eigenvalue weighted by atomic mass is 16.4. The van der Waals surface area contributed by atoms with Crippen LogP contribution in [0.25, 0.3) is 11.1 Å². The number of nitrogens with one attached hydrogen (secondary N) is 2. The number of carboxylic acids is 1. The zero-order valence-electron chi connectivity index (χ0n) is 16.1. The number of hydrogen-bond donors (Lipinski definition) is 3. The quantitative estimate of drug-likeness (QED) is 0.635. The third kappa shape index (κ3) is 6.22. The Morgan fingerprint density at radius 3 is 2.04 bits per heavy atom. The van der Waals surface area contributed by atoms with Crippen molar-refractivity contribution in [2.45, 2.75) is 38.8 Å². The molecule has 0 aliphatic carbocycles. The lowest BCUT2D eigenvalue weighted by Crippen LogP contribution is -2.50. The maximum Gasteiger partial charge on any atom is 0.326 e. The molecule has 2 unspecified atom stereocenters. The molecule has 0 saturated carbocycles. The van der Waals surface area contributed by atoms with Crippen molar-refractivity contribution in [3.63, 3.8) is 0 Å². The molecule has 0 saturated heterocycles. The van der Waals surface area contributed by atoms with E-state index in [2.05, 4.69) is 10.6 Å². The molecule has 0 radical (unpaired) electrons. The molecule has 2 aromatic carbocycles. The van der Waals surface area contributed by atoms with Gasteiger partial charge in [-0.3, -0.25) is 4.79 Å². The summed E-state index contributed by atoms with van der Waals surface area (Å²) in [6.45, 7) is 4.06. The Bertz CT molecular complexity index is 742. The molecule has 0 aliphatic heterocycles. The standard InChI is InChI=1S/C22H28N2O3/c1-15(2)13-19(23-3)21(25)24-20(22(26)27)14-16-9-11-18(12-10-16)17-7-5-4-6-8-17/h4-12,15,19-20,23H,13-14H2,1-3H3,(H,24,25)(H,26,27). The highest BCUT2D eigenvalue weighted by molar-refractivity contribution is 5.87. The lowest BCUT2D eigenvalue weighted by Gasteiger charge is -2.21. The van der Waals surface area contributed by atoms with Gasteiger partial charge in [-0.1, -0.05) is 68.4 Å². The second kappa shape index (κ2) is 9.88. The van der Waals surface area contributed by atoms with Crippen LogP contribution in [0.3, 0.4) is 0 Å². The summed E-state index contributed by atoms with van der Waals surface area (Å²) in [5.74, 6) is -0.976. The summed E-state index contributed by atoms with van der Waals surface area (Å²) in [5.41, 5.74) is 3.05. The molecule has 2 rings (SSSR count). The first-order valence-corrected chi connectivity index (χ1v) is 9.25. The molecule has 3 N–H and O–H groups in total. The van der Waals surface area contributed by atoms with E-state index >= 15 is 0 Å². The van der Waals surface area contributed by atoms with Gasteiger partial charge in [0.2, 0.25) is 5.91 Å². The van der Waals surface area contributed by atoms with Gasteiger partial charge in [-0.25, -0.2) is 4.79 Å². The third-order valence-corrected chi connectivity index (χ3v) is 4.49. The van der Waals surface area contributed by atoms with Gasteiger partial charge < -0.3 is 15.7 Å². The van der Waals surface area contributed by atoms with Gasteiger partial charge in [0.1, 0.15) is 6.04 Å². The second-order valence-electron chi connectivity index (χ2n) is 7.14. The maximum absolute atomic E-state index is 12.4. The highest BCUT2D eigenvalue weighted by Crippen LogP contribution is 2.19. The number of amides is 1. The Labute approximate surface area is 160 Å². The van der Waals surface area contributed by atoms with E-state index in [-0.39, 0.29) is 12.3 Å². The second-order valence-corrected chi connectivity index (χ2v) is 7.14. The summed E-state index contributed by atoms with van der Waals surface area (Å²) in [6, 6.07) is 16.4. The summed E-state index contributed by atoms with van der Waals surface area (Å²) >= 11 is 0. The minimum absolute atomic E-state index is 0.244. The van der Waals surface area contributed by atoms with E-state index in [1.807, 2.05) is 68.4 Å². The van der Waals surface area contributed by atoms with Crippen molar-refractivity contribution in [3.05, 3.63) is 60.2 Å². The molecule has 27 heavy (non-hydrogen) atoms. The van der Waals surface area contributed by atoms with Crippen LogP contribution in [0.1, 0.15) is 25.8 Å². The van der Waals surface area contributed by atoms with Gasteiger partial charge in [0, 0.05) is 6.42 Å². The molecule has 0 bridgehead atoms. The van der Waals surface area contributed by atoms with Crippen LogP contribution in [0.2, 0.25) is 0 Å². The van der Waals surface area contributed by atoms with Crippen LogP contribution in [0.5, 0.6) is 0 Å². The Kier molecular flexibility index (Phi) is 7.55. The minimum Gasteiger partial charge on any atom is -0.480 e. The topological polar surface area (TPSA) is 78.4 Å². The Morgan fingerprint density at radius 1 is 0.926 bits per heavy atom. The first-order chi connectivity index (χ1) is 12.9. The largest absolute Gasteiger partial charge is 0.480 e. The molecule has 2 atom stereocenters. The molecule has 1 amide bonds. The fourth-order valence-electron chi connectivity index (χ4n) is 3.00. The van der Waals surface area contributed by atoms with Crippen molar-refractivity contribution in [2.24, 2.45) is 5.92 Å². The average Bonchev–Trinajstić information content (AvgIpc) is 2.66. The summed E-state index contributed by atoms with van der Waals surface area (Å²) in [6.07, 6.45) is 0.898. The molecule has 5 nitrogen and oxygen atoms in total. The minimum atomic E-state index is -1.03. The van der Waals surface area contributed by atoms with Crippen molar-refractivity contribution in [1.82, 2.24) is 10.6 Å². The number of benzene rings is 2. The number of carbonyl (C=O) groups excluding carboxylic acids is 1. The molecule has 2 aromatic rings. The van der Waals surface area contributed by atoms with Gasteiger partial charge in [-0.05, 0) is 36.1 Å². The molecular weight excluding hydrogens is 340 g/mol. The number of carboxylic acid groups (broad SMARTS) is 1.